The molecule has 3 aromatic rings. The average molecular weight is 409 g/mol. The van der Waals surface area contributed by atoms with Crippen LogP contribution in [0.3, 0.4) is 0 Å². The number of rotatable bonds is 8. The van der Waals surface area contributed by atoms with Crippen molar-refractivity contribution in [2.45, 2.75) is 17.7 Å². The lowest BCUT2D eigenvalue weighted by Crippen LogP contribution is -2.12. The lowest BCUT2D eigenvalue weighted by atomic mass is 10.00. The molecular formula is C22H24N4O2S. The summed E-state index contributed by atoms with van der Waals surface area (Å²) >= 11 is 1.71. The van der Waals surface area contributed by atoms with Crippen molar-refractivity contribution in [2.75, 3.05) is 25.2 Å². The van der Waals surface area contributed by atoms with Crippen LogP contribution in [0.2, 0.25) is 0 Å². The van der Waals surface area contributed by atoms with Gasteiger partial charge in [-0.05, 0) is 42.2 Å². The number of aromatic nitrogens is 2. The molecule has 150 valence electrons. The molecule has 1 unspecified atom stereocenters. The highest BCUT2D eigenvalue weighted by molar-refractivity contribution is 7.98. The number of ether oxygens (including phenoxy) is 1. The number of nitrogens with two attached hydrogens (primary N) is 1. The molecule has 3 rings (SSSR count). The Hall–Kier alpha value is -3.06. The summed E-state index contributed by atoms with van der Waals surface area (Å²) < 4.78 is 5.53. The predicted octanol–water partition coefficient (Wildman–Crippen LogP) is 4.19. The summed E-state index contributed by atoms with van der Waals surface area (Å²) in [5, 5.41) is 3.38. The maximum Gasteiger partial charge on any atom is 0.248 e. The zero-order chi connectivity index (χ0) is 20.8. The van der Waals surface area contributed by atoms with Crippen molar-refractivity contribution in [3.8, 4) is 17.0 Å². The number of carbonyl (C=O) groups is 1. The van der Waals surface area contributed by atoms with E-state index < -0.39 is 5.91 Å². The molecule has 1 heterocycles. The van der Waals surface area contributed by atoms with Crippen LogP contribution in [0.4, 0.5) is 5.82 Å². The number of carbonyl (C=O) groups excluding carboxylic acids is 1. The molecule has 6 nitrogen and oxygen atoms in total. The fourth-order valence-corrected chi connectivity index (χ4v) is 3.46. The molecule has 2 aromatic carbocycles. The van der Waals surface area contributed by atoms with E-state index in [1.165, 1.54) is 11.2 Å². The molecule has 1 amide bonds. The number of hydrogen-bond donors (Lipinski definition) is 2. The molecule has 0 saturated heterocycles. The summed E-state index contributed by atoms with van der Waals surface area (Å²) in [5.41, 5.74) is 8.58. The van der Waals surface area contributed by atoms with Crippen molar-refractivity contribution in [1.29, 1.82) is 0 Å². The van der Waals surface area contributed by atoms with Gasteiger partial charge in [0.1, 0.15) is 17.9 Å². The van der Waals surface area contributed by atoms with Gasteiger partial charge in [0.25, 0.3) is 0 Å². The molecule has 29 heavy (non-hydrogen) atoms. The second-order valence-corrected chi connectivity index (χ2v) is 7.50. The Kier molecular flexibility index (Phi) is 6.72. The molecule has 0 fully saturated rings. The van der Waals surface area contributed by atoms with Crippen molar-refractivity contribution in [3.05, 3.63) is 66.0 Å². The first-order valence-corrected chi connectivity index (χ1v) is 10.4. The summed E-state index contributed by atoms with van der Waals surface area (Å²) in [7, 11) is 1.69. The zero-order valence-corrected chi connectivity index (χ0v) is 17.5. The molecule has 0 aliphatic carbocycles. The Bertz CT molecular complexity index is 992. The molecule has 0 spiro atoms. The third-order valence-corrected chi connectivity index (χ3v) is 5.41. The van der Waals surface area contributed by atoms with Crippen LogP contribution >= 0.6 is 11.8 Å². The molecule has 3 N–H and O–H groups in total. The van der Waals surface area contributed by atoms with Crippen molar-refractivity contribution < 1.29 is 9.53 Å². The van der Waals surface area contributed by atoms with Gasteiger partial charge in [0, 0.05) is 34.6 Å². The summed E-state index contributed by atoms with van der Waals surface area (Å²) in [6.07, 6.45) is 3.59. The van der Waals surface area contributed by atoms with Gasteiger partial charge in [-0.25, -0.2) is 9.97 Å². The van der Waals surface area contributed by atoms with Gasteiger partial charge in [0.2, 0.25) is 5.91 Å². The van der Waals surface area contributed by atoms with E-state index in [1.807, 2.05) is 24.3 Å². The van der Waals surface area contributed by atoms with Crippen molar-refractivity contribution in [1.82, 2.24) is 9.97 Å². The molecular weight excluding hydrogens is 384 g/mol. The number of primary amides is 1. The summed E-state index contributed by atoms with van der Waals surface area (Å²) in [6, 6.07) is 15.2. The topological polar surface area (TPSA) is 90.1 Å². The fourth-order valence-electron chi connectivity index (χ4n) is 3.01. The fraction of sp³-hybridized carbons (Fsp3) is 0.227. The molecule has 1 atom stereocenters. The molecule has 0 radical (unpaired) electrons. The minimum absolute atomic E-state index is 0.227. The summed E-state index contributed by atoms with van der Waals surface area (Å²) in [4.78, 5) is 21.1. The second-order valence-electron chi connectivity index (χ2n) is 6.62. The number of thioether (sulfide) groups is 1. The van der Waals surface area contributed by atoms with E-state index in [0.29, 0.717) is 12.1 Å². The number of nitrogens with one attached hydrogen (secondary N) is 1. The Balaban J connectivity index is 1.73. The van der Waals surface area contributed by atoms with Gasteiger partial charge >= 0.3 is 0 Å². The Morgan fingerprint density at radius 2 is 1.93 bits per heavy atom. The second kappa shape index (κ2) is 9.43. The SMILES string of the molecule is COc1ccc(SC)cc1C(C)CNc1cc(-c2ccc(C(N)=O)cc2)ncn1. The van der Waals surface area contributed by atoms with E-state index in [0.717, 1.165) is 28.4 Å². The van der Waals surface area contributed by atoms with Crippen LogP contribution in [-0.4, -0.2) is 35.8 Å². The van der Waals surface area contributed by atoms with Crippen LogP contribution in [-0.2, 0) is 0 Å². The standard InChI is InChI=1S/C22H24N4O2S/c1-14(18-10-17(29-3)8-9-20(18)28-2)12-24-21-11-19(25-13-26-21)15-4-6-16(7-5-15)22(23)27/h4-11,13-14H,12H2,1-3H3,(H2,23,27)(H,24,25,26). The smallest absolute Gasteiger partial charge is 0.248 e. The third-order valence-electron chi connectivity index (χ3n) is 4.69. The normalized spacial score (nSPS) is 11.7. The molecule has 0 bridgehead atoms. The predicted molar refractivity (Wildman–Crippen MR) is 118 cm³/mol. The molecule has 0 aliphatic rings. The Labute approximate surface area is 174 Å². The minimum atomic E-state index is -0.448. The van der Waals surface area contributed by atoms with Crippen molar-refractivity contribution in [3.63, 3.8) is 0 Å². The molecule has 0 saturated carbocycles. The zero-order valence-electron chi connectivity index (χ0n) is 16.7. The average Bonchev–Trinajstić information content (AvgIpc) is 2.77. The summed E-state index contributed by atoms with van der Waals surface area (Å²) in [6.45, 7) is 2.85. The monoisotopic (exact) mass is 408 g/mol. The van der Waals surface area contributed by atoms with E-state index >= 15 is 0 Å². The van der Waals surface area contributed by atoms with Gasteiger partial charge in [-0.1, -0.05) is 19.1 Å². The maximum absolute atomic E-state index is 11.2. The lowest BCUT2D eigenvalue weighted by molar-refractivity contribution is 0.100. The molecule has 7 heteroatoms. The third kappa shape index (κ3) is 5.06. The first-order chi connectivity index (χ1) is 14.0. The van der Waals surface area contributed by atoms with Crippen LogP contribution in [0.5, 0.6) is 5.75 Å². The summed E-state index contributed by atoms with van der Waals surface area (Å²) in [5.74, 6) is 1.40. The van der Waals surface area contributed by atoms with Gasteiger partial charge in [0.05, 0.1) is 12.8 Å². The van der Waals surface area contributed by atoms with Gasteiger partial charge in [0.15, 0.2) is 0 Å². The van der Waals surface area contributed by atoms with Crippen LogP contribution in [0.25, 0.3) is 11.3 Å². The lowest BCUT2D eigenvalue weighted by Gasteiger charge is -2.18. The number of hydrogen-bond acceptors (Lipinski definition) is 6. The molecule has 0 aliphatic heterocycles. The maximum atomic E-state index is 11.2. The molecule has 1 aromatic heterocycles. The number of benzene rings is 2. The van der Waals surface area contributed by atoms with Crippen LogP contribution in [0.1, 0.15) is 28.8 Å². The van der Waals surface area contributed by atoms with Gasteiger partial charge in [-0.2, -0.15) is 0 Å². The minimum Gasteiger partial charge on any atom is -0.496 e. The first kappa shape index (κ1) is 20.7. The van der Waals surface area contributed by atoms with E-state index in [4.69, 9.17) is 10.5 Å². The van der Waals surface area contributed by atoms with Gasteiger partial charge < -0.3 is 15.8 Å². The quantitative estimate of drug-likeness (QED) is 0.543. The Morgan fingerprint density at radius 3 is 2.59 bits per heavy atom. The number of anilines is 1. The number of nitrogens with zero attached hydrogens (tertiary/aromatic N) is 2. The number of methoxy groups -OCH3 is 1. The Morgan fingerprint density at radius 1 is 1.17 bits per heavy atom. The number of amides is 1. The highest BCUT2D eigenvalue weighted by Crippen LogP contribution is 2.31. The van der Waals surface area contributed by atoms with E-state index in [1.54, 1.807) is 31.0 Å². The first-order valence-electron chi connectivity index (χ1n) is 9.20. The van der Waals surface area contributed by atoms with Gasteiger partial charge in [-0.15, -0.1) is 11.8 Å². The highest BCUT2D eigenvalue weighted by atomic mass is 32.2. The van der Waals surface area contributed by atoms with Crippen molar-refractivity contribution >= 4 is 23.5 Å². The van der Waals surface area contributed by atoms with Crippen LogP contribution in [0, 0.1) is 0 Å². The van der Waals surface area contributed by atoms with E-state index in [2.05, 4.69) is 40.6 Å². The van der Waals surface area contributed by atoms with Crippen LogP contribution < -0.4 is 15.8 Å². The largest absolute Gasteiger partial charge is 0.496 e. The highest BCUT2D eigenvalue weighted by Gasteiger charge is 2.13. The van der Waals surface area contributed by atoms with E-state index in [9.17, 15) is 4.79 Å². The van der Waals surface area contributed by atoms with E-state index in [-0.39, 0.29) is 5.92 Å². The van der Waals surface area contributed by atoms with Crippen LogP contribution in [0.15, 0.2) is 59.8 Å². The van der Waals surface area contributed by atoms with Gasteiger partial charge in [-0.3, -0.25) is 4.79 Å². The van der Waals surface area contributed by atoms with Crippen molar-refractivity contribution in [2.24, 2.45) is 5.73 Å².